The van der Waals surface area contributed by atoms with E-state index < -0.39 is 0 Å². The van der Waals surface area contributed by atoms with Crippen molar-refractivity contribution in [1.82, 2.24) is 0 Å². The summed E-state index contributed by atoms with van der Waals surface area (Å²) in [4.78, 5) is 0. The van der Waals surface area contributed by atoms with Gasteiger partial charge in [-0.1, -0.05) is 26.0 Å². The highest BCUT2D eigenvalue weighted by Crippen LogP contribution is 2.60. The summed E-state index contributed by atoms with van der Waals surface area (Å²) < 4.78 is 5.18. The number of ether oxygens (including phenoxy) is 1. The molecule has 0 aromatic heterocycles. The quantitative estimate of drug-likeness (QED) is 0.903. The lowest BCUT2D eigenvalue weighted by atomic mass is 9.45. The molecule has 0 aliphatic heterocycles. The summed E-state index contributed by atoms with van der Waals surface area (Å²) >= 11 is 0. The fourth-order valence-corrected chi connectivity index (χ4v) is 4.14. The number of hydrogen-bond donors (Lipinski definition) is 1. The normalized spacial score (nSPS) is 35.6. The van der Waals surface area contributed by atoms with Crippen LogP contribution in [0.5, 0.6) is 5.75 Å². The maximum absolute atomic E-state index is 10.5. The van der Waals surface area contributed by atoms with Crippen molar-refractivity contribution in [2.45, 2.75) is 39.2 Å². The number of rotatable bonds is 3. The van der Waals surface area contributed by atoms with Gasteiger partial charge in [-0.3, -0.25) is 0 Å². The topological polar surface area (TPSA) is 29.5 Å². The highest BCUT2D eigenvalue weighted by molar-refractivity contribution is 5.27. The Balaban J connectivity index is 1.68. The van der Waals surface area contributed by atoms with E-state index in [1.54, 1.807) is 7.11 Å². The van der Waals surface area contributed by atoms with Crippen molar-refractivity contribution in [2.75, 3.05) is 7.11 Å². The molecule has 2 bridgehead atoms. The van der Waals surface area contributed by atoms with Crippen LogP contribution in [0.2, 0.25) is 0 Å². The fourth-order valence-electron chi connectivity index (χ4n) is 4.14. The van der Waals surface area contributed by atoms with Crippen molar-refractivity contribution < 1.29 is 9.84 Å². The number of aliphatic hydroxyl groups excluding tert-OH is 1. The van der Waals surface area contributed by atoms with E-state index in [-0.39, 0.29) is 6.10 Å². The van der Waals surface area contributed by atoms with Crippen molar-refractivity contribution in [2.24, 2.45) is 23.2 Å². The second-order valence-electron chi connectivity index (χ2n) is 6.90. The van der Waals surface area contributed by atoms with Crippen LogP contribution in [0.3, 0.4) is 0 Å². The Labute approximate surface area is 115 Å². The van der Waals surface area contributed by atoms with Crippen LogP contribution in [0.25, 0.3) is 0 Å². The summed E-state index contributed by atoms with van der Waals surface area (Å²) in [5.74, 6) is 2.65. The van der Waals surface area contributed by atoms with Gasteiger partial charge in [0.05, 0.1) is 13.2 Å². The number of fused-ring (bicyclic) bond motifs is 2. The van der Waals surface area contributed by atoms with Crippen LogP contribution in [0.1, 0.15) is 32.3 Å². The molecule has 1 aromatic rings. The lowest BCUT2D eigenvalue weighted by Gasteiger charge is -2.61. The minimum absolute atomic E-state index is 0.123. The predicted octanol–water partition coefficient (Wildman–Crippen LogP) is 3.28. The van der Waals surface area contributed by atoms with Gasteiger partial charge in [-0.25, -0.2) is 0 Å². The minimum atomic E-state index is -0.123. The molecular weight excluding hydrogens is 236 g/mol. The summed E-state index contributed by atoms with van der Waals surface area (Å²) in [6.07, 6.45) is 3.28. The van der Waals surface area contributed by atoms with E-state index in [2.05, 4.69) is 26.0 Å². The van der Waals surface area contributed by atoms with Crippen LogP contribution in [-0.2, 0) is 6.42 Å². The maximum Gasteiger partial charge on any atom is 0.118 e. The van der Waals surface area contributed by atoms with Gasteiger partial charge in [0.15, 0.2) is 0 Å². The standard InChI is InChI=1S/C17H24O2/c1-17(2)13-9-12(16(18)15(17)10-13)8-11-4-6-14(19-3)7-5-11/h4-7,12-13,15-16,18H,8-10H2,1-3H3/t12-,13+,15+,16+/m1/s1. The van der Waals surface area contributed by atoms with Crippen molar-refractivity contribution in [3.63, 3.8) is 0 Å². The van der Waals surface area contributed by atoms with E-state index in [0.717, 1.165) is 18.1 Å². The molecule has 4 rings (SSSR count). The Morgan fingerprint density at radius 3 is 2.42 bits per heavy atom. The van der Waals surface area contributed by atoms with Crippen LogP contribution >= 0.6 is 0 Å². The molecular formula is C17H24O2. The molecule has 3 aliphatic rings. The van der Waals surface area contributed by atoms with Crippen LogP contribution in [0.15, 0.2) is 24.3 Å². The molecule has 0 unspecified atom stereocenters. The lowest BCUT2D eigenvalue weighted by molar-refractivity contribution is -0.169. The average molecular weight is 260 g/mol. The van der Waals surface area contributed by atoms with E-state index in [9.17, 15) is 5.11 Å². The average Bonchev–Trinajstić information content (AvgIpc) is 2.41. The van der Waals surface area contributed by atoms with Crippen molar-refractivity contribution in [3.8, 4) is 5.75 Å². The van der Waals surface area contributed by atoms with Crippen molar-refractivity contribution in [3.05, 3.63) is 29.8 Å². The Bertz CT molecular complexity index is 449. The van der Waals surface area contributed by atoms with E-state index in [4.69, 9.17) is 4.74 Å². The number of hydrogen-bond acceptors (Lipinski definition) is 2. The second kappa shape index (κ2) is 4.52. The van der Waals surface area contributed by atoms with Crippen LogP contribution in [0, 0.1) is 23.2 Å². The highest BCUT2D eigenvalue weighted by atomic mass is 16.5. The van der Waals surface area contributed by atoms with E-state index in [0.29, 0.717) is 17.3 Å². The molecule has 0 heterocycles. The highest BCUT2D eigenvalue weighted by Gasteiger charge is 2.57. The van der Waals surface area contributed by atoms with E-state index in [1.807, 2.05) is 12.1 Å². The largest absolute Gasteiger partial charge is 0.497 e. The van der Waals surface area contributed by atoms with Crippen LogP contribution < -0.4 is 4.74 Å². The minimum Gasteiger partial charge on any atom is -0.497 e. The zero-order chi connectivity index (χ0) is 13.6. The number of methoxy groups -OCH3 is 1. The smallest absolute Gasteiger partial charge is 0.118 e. The molecule has 104 valence electrons. The molecule has 0 radical (unpaired) electrons. The molecule has 0 saturated heterocycles. The second-order valence-corrected chi connectivity index (χ2v) is 6.90. The molecule has 4 atom stereocenters. The first-order valence-electron chi connectivity index (χ1n) is 7.33. The van der Waals surface area contributed by atoms with Crippen LogP contribution in [-0.4, -0.2) is 18.3 Å². The molecule has 1 aromatic carbocycles. The predicted molar refractivity (Wildman–Crippen MR) is 76.2 cm³/mol. The van der Waals surface area contributed by atoms with Crippen molar-refractivity contribution in [1.29, 1.82) is 0 Å². The maximum atomic E-state index is 10.5. The molecule has 2 heteroatoms. The Kier molecular flexibility index (Phi) is 3.09. The number of benzene rings is 1. The third kappa shape index (κ3) is 2.06. The lowest BCUT2D eigenvalue weighted by Crippen LogP contribution is -2.58. The summed E-state index contributed by atoms with van der Waals surface area (Å²) in [6, 6.07) is 8.26. The Morgan fingerprint density at radius 2 is 1.89 bits per heavy atom. The molecule has 19 heavy (non-hydrogen) atoms. The zero-order valence-electron chi connectivity index (χ0n) is 12.1. The van der Waals surface area contributed by atoms with Gasteiger partial charge in [0.25, 0.3) is 0 Å². The van der Waals surface area contributed by atoms with Gasteiger partial charge in [0, 0.05) is 0 Å². The third-order valence-corrected chi connectivity index (χ3v) is 5.69. The monoisotopic (exact) mass is 260 g/mol. The van der Waals surface area contributed by atoms with Gasteiger partial charge >= 0.3 is 0 Å². The molecule has 0 spiro atoms. The fraction of sp³-hybridized carbons (Fsp3) is 0.647. The first-order chi connectivity index (χ1) is 9.02. The van der Waals surface area contributed by atoms with Crippen LogP contribution in [0.4, 0.5) is 0 Å². The van der Waals surface area contributed by atoms with E-state index in [1.165, 1.54) is 18.4 Å². The van der Waals surface area contributed by atoms with Gasteiger partial charge in [-0.15, -0.1) is 0 Å². The first-order valence-corrected chi connectivity index (χ1v) is 7.33. The molecule has 2 nitrogen and oxygen atoms in total. The summed E-state index contributed by atoms with van der Waals surface area (Å²) in [7, 11) is 1.69. The summed E-state index contributed by atoms with van der Waals surface area (Å²) in [5.41, 5.74) is 1.67. The van der Waals surface area contributed by atoms with Gasteiger partial charge in [0.2, 0.25) is 0 Å². The molecule has 1 N–H and O–H groups in total. The van der Waals surface area contributed by atoms with Crippen molar-refractivity contribution >= 4 is 0 Å². The summed E-state index contributed by atoms with van der Waals surface area (Å²) in [6.45, 7) is 4.64. The zero-order valence-corrected chi connectivity index (χ0v) is 12.1. The Morgan fingerprint density at radius 1 is 1.21 bits per heavy atom. The number of aliphatic hydroxyl groups is 1. The van der Waals surface area contributed by atoms with Gasteiger partial charge in [0.1, 0.15) is 5.75 Å². The molecule has 0 amide bonds. The molecule has 3 fully saturated rings. The molecule has 3 aliphatic carbocycles. The summed E-state index contributed by atoms with van der Waals surface area (Å²) in [5, 5.41) is 10.5. The van der Waals surface area contributed by atoms with Gasteiger partial charge in [-0.2, -0.15) is 0 Å². The first kappa shape index (κ1) is 13.0. The molecule has 3 saturated carbocycles. The SMILES string of the molecule is COc1ccc(C[C@@H]2C[C@H]3C[C@@H]([C@H]2O)C3(C)C)cc1. The van der Waals surface area contributed by atoms with Gasteiger partial charge in [-0.05, 0) is 60.1 Å². The van der Waals surface area contributed by atoms with Gasteiger partial charge < -0.3 is 9.84 Å². The third-order valence-electron chi connectivity index (χ3n) is 5.69. The Hall–Kier alpha value is -1.02. The van der Waals surface area contributed by atoms with E-state index >= 15 is 0 Å².